The van der Waals surface area contributed by atoms with Crippen LogP contribution in [0, 0.1) is 0 Å². The average Bonchev–Trinajstić information content (AvgIpc) is 2.28. The van der Waals surface area contributed by atoms with E-state index in [-0.39, 0.29) is 11.8 Å². The molecule has 0 saturated carbocycles. The molecule has 0 radical (unpaired) electrons. The predicted molar refractivity (Wildman–Crippen MR) is 70.5 cm³/mol. The van der Waals surface area contributed by atoms with Crippen LogP contribution in [0.25, 0.3) is 0 Å². The number of carboxylic acids is 1. The molecule has 0 aromatic heterocycles. The number of benzene rings is 1. The Morgan fingerprint density at radius 1 is 1.44 bits per heavy atom. The van der Waals surface area contributed by atoms with Crippen molar-refractivity contribution in [1.82, 2.24) is 0 Å². The van der Waals surface area contributed by atoms with Crippen LogP contribution < -0.4 is 5.73 Å². The number of ether oxygens (including phenoxy) is 1. The van der Waals surface area contributed by atoms with E-state index in [0.717, 1.165) is 11.1 Å². The summed E-state index contributed by atoms with van der Waals surface area (Å²) in [5.74, 6) is -0.887. The number of methoxy groups -OCH3 is 1. The predicted octanol–water partition coefficient (Wildman–Crippen LogP) is 2.09. The molecule has 1 unspecified atom stereocenters. The molecule has 0 aliphatic heterocycles. The molecular weight excluding hydrogens is 230 g/mol. The van der Waals surface area contributed by atoms with Crippen LogP contribution >= 0.6 is 0 Å². The summed E-state index contributed by atoms with van der Waals surface area (Å²) in [5, 5.41) is 8.84. The van der Waals surface area contributed by atoms with E-state index < -0.39 is 12.0 Å². The number of nitrogens with two attached hydrogens (primary N) is 1. The first-order chi connectivity index (χ1) is 8.38. The lowest BCUT2D eigenvalue weighted by Crippen LogP contribution is -2.28. The number of aliphatic carboxylic acids is 1. The summed E-state index contributed by atoms with van der Waals surface area (Å²) in [7, 11) is 1.65. The van der Waals surface area contributed by atoms with Crippen LogP contribution in [0.3, 0.4) is 0 Å². The van der Waals surface area contributed by atoms with Gasteiger partial charge in [0.2, 0.25) is 0 Å². The Kier molecular flexibility index (Phi) is 4.87. The maximum Gasteiger partial charge on any atom is 0.305 e. The molecule has 1 rings (SSSR count). The Balaban J connectivity index is 3.09. The van der Waals surface area contributed by atoms with E-state index in [2.05, 4.69) is 13.8 Å². The van der Waals surface area contributed by atoms with Gasteiger partial charge >= 0.3 is 5.97 Å². The summed E-state index contributed by atoms with van der Waals surface area (Å²) in [5.41, 5.74) is 7.69. The van der Waals surface area contributed by atoms with Crippen LogP contribution in [-0.2, 0) is 14.9 Å². The Bertz CT molecular complexity index is 415. The number of carboxylic acid groups (broad SMARTS) is 1. The van der Waals surface area contributed by atoms with Crippen LogP contribution in [0.15, 0.2) is 24.3 Å². The van der Waals surface area contributed by atoms with E-state index in [4.69, 9.17) is 15.6 Å². The summed E-state index contributed by atoms with van der Waals surface area (Å²) < 4.78 is 5.22. The van der Waals surface area contributed by atoms with Crippen LogP contribution in [0.2, 0.25) is 0 Å². The molecule has 1 aromatic rings. The highest BCUT2D eigenvalue weighted by Gasteiger charge is 2.26. The Hall–Kier alpha value is -1.39. The first-order valence-electron chi connectivity index (χ1n) is 5.94. The third kappa shape index (κ3) is 3.55. The van der Waals surface area contributed by atoms with Crippen molar-refractivity contribution < 1.29 is 14.6 Å². The van der Waals surface area contributed by atoms with Gasteiger partial charge in [0.1, 0.15) is 0 Å². The van der Waals surface area contributed by atoms with Gasteiger partial charge in [-0.25, -0.2) is 0 Å². The lowest BCUT2D eigenvalue weighted by Gasteiger charge is -2.28. The van der Waals surface area contributed by atoms with Gasteiger partial charge < -0.3 is 15.6 Å². The third-order valence-electron chi connectivity index (χ3n) is 2.99. The zero-order chi connectivity index (χ0) is 13.8. The molecule has 0 amide bonds. The molecule has 0 aliphatic rings. The summed E-state index contributed by atoms with van der Waals surface area (Å²) >= 11 is 0. The Morgan fingerprint density at radius 2 is 2.06 bits per heavy atom. The first kappa shape index (κ1) is 14.7. The Morgan fingerprint density at radius 3 is 2.61 bits per heavy atom. The van der Waals surface area contributed by atoms with E-state index >= 15 is 0 Å². The fraction of sp³-hybridized carbons (Fsp3) is 0.500. The van der Waals surface area contributed by atoms with Crippen LogP contribution in [0.5, 0.6) is 0 Å². The fourth-order valence-electron chi connectivity index (χ4n) is 2.17. The highest BCUT2D eigenvalue weighted by molar-refractivity contribution is 5.68. The van der Waals surface area contributed by atoms with Crippen molar-refractivity contribution in [2.45, 2.75) is 31.7 Å². The van der Waals surface area contributed by atoms with Crippen LogP contribution in [0.1, 0.15) is 37.4 Å². The molecule has 0 bridgehead atoms. The second-order valence-electron chi connectivity index (χ2n) is 5.11. The maximum absolute atomic E-state index is 10.8. The number of hydrogen-bond acceptors (Lipinski definition) is 3. The van der Waals surface area contributed by atoms with E-state index in [9.17, 15) is 4.79 Å². The average molecular weight is 251 g/mol. The van der Waals surface area contributed by atoms with Crippen molar-refractivity contribution in [3.63, 3.8) is 0 Å². The zero-order valence-electron chi connectivity index (χ0n) is 11.1. The van der Waals surface area contributed by atoms with Crippen molar-refractivity contribution in [3.8, 4) is 0 Å². The molecule has 1 atom stereocenters. The highest BCUT2D eigenvalue weighted by atomic mass is 16.5. The van der Waals surface area contributed by atoms with E-state index in [0.29, 0.717) is 6.61 Å². The maximum atomic E-state index is 10.8. The molecule has 3 N–H and O–H groups in total. The van der Waals surface area contributed by atoms with Crippen molar-refractivity contribution in [2.75, 3.05) is 13.7 Å². The van der Waals surface area contributed by atoms with Crippen molar-refractivity contribution in [2.24, 2.45) is 5.73 Å². The summed E-state index contributed by atoms with van der Waals surface area (Å²) in [6.07, 6.45) is -0.0694. The van der Waals surface area contributed by atoms with Gasteiger partial charge in [-0.05, 0) is 11.1 Å². The molecule has 0 aliphatic carbocycles. The monoisotopic (exact) mass is 251 g/mol. The standard InChI is InChI=1S/C14H21NO3/c1-14(2,9-18-3)11-7-5-4-6-10(11)12(15)8-13(16)17/h4-7,12H,8-9,15H2,1-3H3,(H,16,17). The minimum atomic E-state index is -0.887. The minimum Gasteiger partial charge on any atom is -0.481 e. The molecule has 0 fully saturated rings. The normalized spacial score (nSPS) is 13.3. The van der Waals surface area contributed by atoms with E-state index in [1.165, 1.54) is 0 Å². The van der Waals surface area contributed by atoms with Gasteiger partial charge in [0.15, 0.2) is 0 Å². The van der Waals surface area contributed by atoms with Crippen molar-refractivity contribution >= 4 is 5.97 Å². The topological polar surface area (TPSA) is 72.5 Å². The minimum absolute atomic E-state index is 0.0694. The van der Waals surface area contributed by atoms with Gasteiger partial charge in [0.05, 0.1) is 13.0 Å². The fourth-order valence-corrected chi connectivity index (χ4v) is 2.17. The second-order valence-corrected chi connectivity index (χ2v) is 5.11. The lowest BCUT2D eigenvalue weighted by molar-refractivity contribution is -0.137. The summed E-state index contributed by atoms with van der Waals surface area (Å²) in [4.78, 5) is 10.8. The SMILES string of the molecule is COCC(C)(C)c1ccccc1C(N)CC(=O)O. The largest absolute Gasteiger partial charge is 0.481 e. The number of hydrogen-bond donors (Lipinski definition) is 2. The zero-order valence-corrected chi connectivity index (χ0v) is 11.1. The number of rotatable bonds is 6. The van der Waals surface area contributed by atoms with Gasteiger partial charge in [-0.15, -0.1) is 0 Å². The molecule has 100 valence electrons. The van der Waals surface area contributed by atoms with E-state index in [1.807, 2.05) is 24.3 Å². The Labute approximate surface area is 108 Å². The van der Waals surface area contributed by atoms with Crippen LogP contribution in [-0.4, -0.2) is 24.8 Å². The van der Waals surface area contributed by atoms with Gasteiger partial charge in [-0.1, -0.05) is 38.1 Å². The molecule has 0 heterocycles. The van der Waals surface area contributed by atoms with Crippen LogP contribution in [0.4, 0.5) is 0 Å². The number of carbonyl (C=O) groups is 1. The lowest BCUT2D eigenvalue weighted by atomic mass is 9.80. The summed E-state index contributed by atoms with van der Waals surface area (Å²) in [6.45, 7) is 4.68. The molecular formula is C14H21NO3. The molecule has 0 saturated heterocycles. The summed E-state index contributed by atoms with van der Waals surface area (Å²) in [6, 6.07) is 7.19. The highest BCUT2D eigenvalue weighted by Crippen LogP contribution is 2.30. The van der Waals surface area contributed by atoms with Gasteiger partial charge in [0.25, 0.3) is 0 Å². The van der Waals surface area contributed by atoms with Crippen molar-refractivity contribution in [3.05, 3.63) is 35.4 Å². The second kappa shape index (κ2) is 5.98. The van der Waals surface area contributed by atoms with Gasteiger partial charge in [-0.2, -0.15) is 0 Å². The smallest absolute Gasteiger partial charge is 0.305 e. The van der Waals surface area contributed by atoms with Crippen molar-refractivity contribution in [1.29, 1.82) is 0 Å². The van der Waals surface area contributed by atoms with Gasteiger partial charge in [0, 0.05) is 18.6 Å². The molecule has 4 nitrogen and oxygen atoms in total. The molecule has 0 spiro atoms. The molecule has 4 heteroatoms. The quantitative estimate of drug-likeness (QED) is 0.812. The van der Waals surface area contributed by atoms with E-state index in [1.54, 1.807) is 7.11 Å². The third-order valence-corrected chi connectivity index (χ3v) is 2.99. The molecule has 1 aromatic carbocycles. The first-order valence-corrected chi connectivity index (χ1v) is 5.94. The molecule has 18 heavy (non-hydrogen) atoms. The van der Waals surface area contributed by atoms with Gasteiger partial charge in [-0.3, -0.25) is 4.79 Å².